The number of unbranched alkanes of at least 4 members (excludes halogenated alkanes) is 1. The summed E-state index contributed by atoms with van der Waals surface area (Å²) < 4.78 is 12.0. The summed E-state index contributed by atoms with van der Waals surface area (Å²) in [6.45, 7) is 22.5. The molecule has 7 N–H and O–H groups in total. The second-order valence-electron chi connectivity index (χ2n) is 26.5. The van der Waals surface area contributed by atoms with Crippen molar-refractivity contribution in [1.82, 2.24) is 45.9 Å². The molecule has 23 heteroatoms. The summed E-state index contributed by atoms with van der Waals surface area (Å²) in [7, 11) is 8.60. The number of anilines is 1. The van der Waals surface area contributed by atoms with Gasteiger partial charge in [-0.15, -0.1) is 0 Å². The number of ether oxygens (including phenoxy) is 2. The van der Waals surface area contributed by atoms with E-state index in [1.54, 1.807) is 50.7 Å². The Kier molecular flexibility index (Phi) is 37.3. The zero-order valence-corrected chi connectivity index (χ0v) is 61.1. The normalized spacial score (nSPS) is 16.0. The molecule has 1 fully saturated rings. The molecule has 1 saturated heterocycles. The van der Waals surface area contributed by atoms with Gasteiger partial charge in [-0.1, -0.05) is 140 Å². The molecule has 0 unspecified atom stereocenters. The number of aryl methyl sites for hydroxylation is 1. The Morgan fingerprint density at radius 3 is 1.94 bits per heavy atom. The van der Waals surface area contributed by atoms with Crippen molar-refractivity contribution in [3.8, 4) is 11.8 Å². The van der Waals surface area contributed by atoms with Crippen LogP contribution in [0, 0.1) is 60.2 Å². The van der Waals surface area contributed by atoms with Gasteiger partial charge >= 0.3 is 6.03 Å². The Morgan fingerprint density at radius 1 is 0.750 bits per heavy atom. The molecule has 532 valence electrons. The first-order valence-corrected chi connectivity index (χ1v) is 35.3. The lowest BCUT2D eigenvalue weighted by Crippen LogP contribution is -2.59. The van der Waals surface area contributed by atoms with Gasteiger partial charge in [0.05, 0.1) is 48.4 Å². The van der Waals surface area contributed by atoms with Gasteiger partial charge in [-0.05, 0) is 114 Å². The largest absolute Gasteiger partial charge is 0.379 e. The van der Waals surface area contributed by atoms with Crippen LogP contribution < -0.4 is 32.3 Å². The number of nitrogens with two attached hydrogens (primary N) is 1. The van der Waals surface area contributed by atoms with E-state index in [0.29, 0.717) is 74.6 Å². The van der Waals surface area contributed by atoms with E-state index in [9.17, 15) is 43.2 Å². The molecule has 3 aromatic rings. The first-order chi connectivity index (χ1) is 45.5. The van der Waals surface area contributed by atoms with Crippen LogP contribution in [0.5, 0.6) is 0 Å². The third-order valence-corrected chi connectivity index (χ3v) is 18.4. The number of likely N-dealkylation sites (N-methyl/N-ethyl adjacent to an activating group) is 2. The monoisotopic (exact) mass is 1350 g/mol. The van der Waals surface area contributed by atoms with Gasteiger partial charge in [0.25, 0.3) is 0 Å². The molecule has 2 heterocycles. The third kappa shape index (κ3) is 27.3. The number of nitrogens with zero attached hydrogens (tertiary/aromatic N) is 5. The Bertz CT molecular complexity index is 2990. The SMILES string of the molecule is CCNC(=O)[C@@H](CC(=O)[C@H](C)[C@@H](OC)[C@@H]1CCCN1C(=O)C[C@@H](OC)[C@H]([C@@H](C)CC)N(C)C(=O)[C@@H](NC(=O)[C@H](C(C)C)N(C)C)C(C)C)Cc1ccccc1.CSc1ncc(C#CCCCC(=O)N[C@H](C(=O)C[C@@H](CCCNC(N)=O)C(=O)Nc2ccc(C)cc2)C(C)C)cn1. The number of benzene rings is 2. The maximum atomic E-state index is 14.3. The van der Waals surface area contributed by atoms with Crippen molar-refractivity contribution in [2.75, 3.05) is 66.6 Å². The molecule has 0 saturated carbocycles. The minimum absolute atomic E-state index is 0.0205. The highest BCUT2D eigenvalue weighted by molar-refractivity contribution is 7.98. The number of amides is 8. The van der Waals surface area contributed by atoms with Crippen molar-refractivity contribution in [1.29, 1.82) is 0 Å². The number of carbonyl (C=O) groups is 9. The molecule has 0 aliphatic carbocycles. The van der Waals surface area contributed by atoms with Crippen LogP contribution in [0.3, 0.4) is 0 Å². The van der Waals surface area contributed by atoms with E-state index in [1.807, 2.05) is 149 Å². The topological polar surface area (TPSA) is 294 Å². The van der Waals surface area contributed by atoms with E-state index in [-0.39, 0.29) is 102 Å². The summed E-state index contributed by atoms with van der Waals surface area (Å²) in [6.07, 6.45) is 8.84. The predicted octanol–water partition coefficient (Wildman–Crippen LogP) is 8.42. The molecule has 1 aliphatic rings. The van der Waals surface area contributed by atoms with Gasteiger partial charge in [0.15, 0.2) is 10.9 Å². The Balaban J connectivity index is 0.000000522. The molecule has 11 atom stereocenters. The number of Topliss-reactive ketones (excluding diaryl/α,β-unsaturated/α-hetero) is 2. The average molecular weight is 1350 g/mol. The van der Waals surface area contributed by atoms with Crippen molar-refractivity contribution < 1.29 is 52.6 Å². The number of hydrogen-bond donors (Lipinski definition) is 6. The zero-order chi connectivity index (χ0) is 71.8. The summed E-state index contributed by atoms with van der Waals surface area (Å²) >= 11 is 1.45. The quantitative estimate of drug-likeness (QED) is 0.0136. The lowest BCUT2D eigenvalue weighted by atomic mass is 9.85. The fraction of sp³-hybridized carbons (Fsp3) is 0.630. The fourth-order valence-electron chi connectivity index (χ4n) is 12.3. The van der Waals surface area contributed by atoms with Crippen molar-refractivity contribution in [2.24, 2.45) is 47.2 Å². The number of aromatic nitrogens is 2. The van der Waals surface area contributed by atoms with E-state index in [4.69, 9.17) is 15.2 Å². The van der Waals surface area contributed by atoms with E-state index in [2.05, 4.69) is 48.4 Å². The number of hydrogen-bond acceptors (Lipinski definition) is 15. The number of urea groups is 1. The lowest BCUT2D eigenvalue weighted by Gasteiger charge is -2.41. The van der Waals surface area contributed by atoms with Gasteiger partial charge in [-0.2, -0.15) is 0 Å². The number of carbonyl (C=O) groups excluding carboxylic acids is 9. The number of likely N-dealkylation sites (tertiary alicyclic amines) is 1. The molecular weight excluding hydrogens is 1240 g/mol. The van der Waals surface area contributed by atoms with Gasteiger partial charge in [-0.3, -0.25) is 43.3 Å². The Hall–Kier alpha value is -7.26. The molecule has 22 nitrogen and oxygen atoms in total. The highest BCUT2D eigenvalue weighted by Gasteiger charge is 2.44. The Morgan fingerprint density at radius 2 is 1.39 bits per heavy atom. The van der Waals surface area contributed by atoms with Gasteiger partial charge in [0.2, 0.25) is 35.4 Å². The van der Waals surface area contributed by atoms with Crippen LogP contribution in [-0.2, 0) is 54.3 Å². The lowest BCUT2D eigenvalue weighted by molar-refractivity contribution is -0.148. The third-order valence-electron chi connectivity index (χ3n) is 17.8. The van der Waals surface area contributed by atoms with Crippen molar-refractivity contribution in [3.05, 3.63) is 83.7 Å². The van der Waals surface area contributed by atoms with Crippen LogP contribution in [0.25, 0.3) is 0 Å². The molecule has 0 bridgehead atoms. The maximum absolute atomic E-state index is 14.3. The van der Waals surface area contributed by atoms with Crippen LogP contribution in [0.2, 0.25) is 0 Å². The van der Waals surface area contributed by atoms with Gasteiger partial charge in [0.1, 0.15) is 11.8 Å². The second kappa shape index (κ2) is 43.1. The van der Waals surface area contributed by atoms with Crippen molar-refractivity contribution >= 4 is 70.5 Å². The number of primary amides is 1. The van der Waals surface area contributed by atoms with Crippen LogP contribution in [-0.4, -0.2) is 181 Å². The minimum Gasteiger partial charge on any atom is -0.379 e. The second-order valence-corrected chi connectivity index (χ2v) is 27.3. The fourth-order valence-corrected chi connectivity index (χ4v) is 12.7. The van der Waals surface area contributed by atoms with Crippen LogP contribution >= 0.6 is 11.8 Å². The smallest absolute Gasteiger partial charge is 0.312 e. The van der Waals surface area contributed by atoms with E-state index >= 15 is 0 Å². The van der Waals surface area contributed by atoms with Crippen molar-refractivity contribution in [3.63, 3.8) is 0 Å². The minimum atomic E-state index is -0.761. The summed E-state index contributed by atoms with van der Waals surface area (Å²) in [5.41, 5.74) is 8.53. The van der Waals surface area contributed by atoms with Gasteiger partial charge < -0.3 is 51.6 Å². The predicted molar refractivity (Wildman–Crippen MR) is 378 cm³/mol. The molecule has 0 spiro atoms. The van der Waals surface area contributed by atoms with E-state index in [1.165, 1.54) is 11.8 Å². The highest BCUT2D eigenvalue weighted by Crippen LogP contribution is 2.31. The highest BCUT2D eigenvalue weighted by atomic mass is 32.2. The summed E-state index contributed by atoms with van der Waals surface area (Å²) in [6, 6.07) is 13.8. The summed E-state index contributed by atoms with van der Waals surface area (Å²) in [5, 5.41) is 14.9. The summed E-state index contributed by atoms with van der Waals surface area (Å²) in [5.74, 6) is 2.45. The summed E-state index contributed by atoms with van der Waals surface area (Å²) in [4.78, 5) is 133. The van der Waals surface area contributed by atoms with Crippen LogP contribution in [0.1, 0.15) is 157 Å². The standard InChI is InChI=1S/C43H73N5O7.C30H40N6O4S/c1-14-29(7)39(47(11)43(53)37(27(3)4)45-42(52)38(28(5)6)46(9)10)35(54-12)26-36(50)48-23-19-22-33(48)40(55-13)30(8)34(49)25-32(41(51)44-15-2)24-31-20-17-16-18-21-31;1-20(2)27(36-26(38)11-7-5-6-9-22-18-33-30(41-4)34-19-22)25(37)17-23(10-8-16-32-29(31)40)28(39)35-24-14-12-21(3)13-15-24/h16-18,20-21,27-30,32-33,35,37-40H,14-15,19,22-26H2,1-13H3,(H,44,51)(H,45,52);12-15,18-20,23,27H,5,7-8,10-11,16-17H2,1-4H3,(H,35,39)(H,36,38)(H3,31,32,40)/t29-,30-,32+,33-,35+,37-,38-,39-,40+;23-,27+/m01/s1. The Labute approximate surface area is 576 Å². The van der Waals surface area contributed by atoms with Gasteiger partial charge in [0, 0.05) is 102 Å². The molecule has 0 radical (unpaired) electrons. The number of ketones is 2. The first kappa shape index (κ1) is 83.0. The van der Waals surface area contributed by atoms with E-state index in [0.717, 1.165) is 24.0 Å². The molecule has 1 aromatic heterocycles. The molecule has 1 aliphatic heterocycles. The molecule has 96 heavy (non-hydrogen) atoms. The molecule has 8 amide bonds. The van der Waals surface area contributed by atoms with Gasteiger partial charge in [-0.25, -0.2) is 14.8 Å². The van der Waals surface area contributed by atoms with E-state index < -0.39 is 60.2 Å². The number of nitrogens with one attached hydrogen (secondary N) is 5. The zero-order valence-electron chi connectivity index (χ0n) is 60.3. The van der Waals surface area contributed by atoms with Crippen LogP contribution in [0.4, 0.5) is 10.5 Å². The number of methoxy groups -OCH3 is 2. The number of rotatable bonds is 38. The molecule has 4 rings (SSSR count). The average Bonchev–Trinajstić information content (AvgIpc) is 1.35. The van der Waals surface area contributed by atoms with Crippen LogP contribution in [0.15, 0.2) is 72.1 Å². The molecule has 2 aromatic carbocycles. The first-order valence-electron chi connectivity index (χ1n) is 34.0. The maximum Gasteiger partial charge on any atom is 0.312 e. The molecular formula is C73H113N11O11S. The number of thioether (sulfide) groups is 1. The van der Waals surface area contributed by atoms with Crippen molar-refractivity contribution in [2.45, 2.75) is 201 Å².